The zero-order valence-corrected chi connectivity index (χ0v) is 74.4. The molecular formula is C93H100Cl4F4N12O15. The summed E-state index contributed by atoms with van der Waals surface area (Å²) in [5, 5.41) is 39.1. The number of rotatable bonds is 27. The first-order valence-electron chi connectivity index (χ1n) is 43.4. The summed E-state index contributed by atoms with van der Waals surface area (Å²) in [5.41, 5.74) is 1.70. The van der Waals surface area contributed by atoms with Crippen LogP contribution in [0.25, 0.3) is 10.9 Å². The van der Waals surface area contributed by atoms with Crippen LogP contribution < -0.4 is 56.2 Å². The number of aromatic nitrogens is 5. The first-order chi connectivity index (χ1) is 61.0. The Hall–Kier alpha value is -10.8. The number of amides is 7. The molecule has 0 saturated heterocycles. The van der Waals surface area contributed by atoms with Gasteiger partial charge in [0.15, 0.2) is 32.2 Å². The maximum Gasteiger partial charge on any atom is 0.290 e. The van der Waals surface area contributed by atoms with Gasteiger partial charge in [0, 0.05) is 100 Å². The van der Waals surface area contributed by atoms with Crippen molar-refractivity contribution in [3.05, 3.63) is 199 Å². The molecule has 0 radical (unpaired) electrons. The largest absolute Gasteiger partial charge is 0.484 e. The number of aryl methyl sites for hydroxylation is 2. The van der Waals surface area contributed by atoms with Crippen LogP contribution in [0.1, 0.15) is 240 Å². The van der Waals surface area contributed by atoms with E-state index < -0.39 is 23.3 Å². The van der Waals surface area contributed by atoms with E-state index in [1.807, 2.05) is 31.3 Å². The van der Waals surface area contributed by atoms with Crippen LogP contribution in [-0.2, 0) is 26.2 Å². The minimum atomic E-state index is -0.594. The van der Waals surface area contributed by atoms with Gasteiger partial charge in [-0.15, -0.1) is 0 Å². The van der Waals surface area contributed by atoms with E-state index in [9.17, 15) is 55.9 Å². The van der Waals surface area contributed by atoms with E-state index in [1.165, 1.54) is 48.5 Å². The van der Waals surface area contributed by atoms with Crippen molar-refractivity contribution in [2.45, 2.75) is 226 Å². The molecule has 0 spiro atoms. The molecule has 9 aromatic rings. The van der Waals surface area contributed by atoms with Gasteiger partial charge in [-0.1, -0.05) is 94.8 Å². The number of halogens is 8. The van der Waals surface area contributed by atoms with Gasteiger partial charge >= 0.3 is 0 Å². The van der Waals surface area contributed by atoms with E-state index in [0.717, 1.165) is 177 Å². The Morgan fingerprint density at radius 2 is 0.812 bits per heavy atom. The maximum absolute atomic E-state index is 13.6. The van der Waals surface area contributed by atoms with E-state index in [2.05, 4.69) is 78.6 Å². The number of ketones is 1. The Morgan fingerprint density at radius 3 is 1.22 bits per heavy atom. The van der Waals surface area contributed by atoms with Gasteiger partial charge in [0.05, 0.1) is 42.6 Å². The normalized spacial score (nSPS) is 26.9. The molecule has 35 heteroatoms. The smallest absolute Gasteiger partial charge is 0.290 e. The standard InChI is InChI=1S/C25H25ClFN3O4.C24H27ClFN3O4.C22H25ClFN3O4.C22H23ClFN3O3/c1-15-13-24(29-23(32)22-17-4-2-3-5-20(17)30-34-22)8-10-25(15,11-9-24)28-21(31)14-33-16-6-7-18(26)19(27)12-16;1-14-12-23(27-21(30)13-32-16-4-5-17(25)18(26)10-16)6-8-24(14,9-7-23)28-22(31)20-11-19(29-33-20)15-2-3-15;1-13-11-21(25-19(28)12-30-15-3-4-16(23)17(24)10-15)5-7-22(13,8-6-21)26-20(29)18-9-14(2)27-31-18;1-27-18(7-17(26-27)13-2-3-13)19(28)8-21-10-22(11-21,12-21)25-20(29)9-30-14-4-5-15(23)16(24)6-14/h2-7,12,15H,8-11,13-14H2,1H3,(H,28,31)(H,29,32);4-5,10-11,14-15H,2-3,6-9,12-13H2,1H3,(H,27,30)(H,28,31);3-4,9-10,13H,5-8,11-12H2,1-2H3,(H,25,28)(H,26,29);4-7,13H,2-3,8-12H2,1H3,(H,25,29). The fraction of sp³-hybridized carbons (Fsp3) is 0.484. The highest BCUT2D eigenvalue weighted by Crippen LogP contribution is 2.69. The highest BCUT2D eigenvalue weighted by Gasteiger charge is 2.69. The lowest BCUT2D eigenvalue weighted by Crippen LogP contribution is -2.75. The topological polar surface area (TPSA) is 354 Å². The second-order valence-corrected chi connectivity index (χ2v) is 38.8. The van der Waals surface area contributed by atoms with E-state index >= 15 is 0 Å². The third kappa shape index (κ3) is 20.0. The zero-order valence-electron chi connectivity index (χ0n) is 71.3. The minimum absolute atomic E-state index is 0.000924. The molecule has 128 heavy (non-hydrogen) atoms. The number of benzene rings is 5. The summed E-state index contributed by atoms with van der Waals surface area (Å²) in [6, 6.07) is 29.0. The van der Waals surface area contributed by atoms with Crippen LogP contribution in [0.4, 0.5) is 17.6 Å². The van der Waals surface area contributed by atoms with Crippen LogP contribution >= 0.6 is 46.4 Å². The first-order valence-corrected chi connectivity index (χ1v) is 44.9. The van der Waals surface area contributed by atoms with Crippen molar-refractivity contribution in [2.75, 3.05) is 26.4 Å². The number of fused-ring (bicyclic) bond motifs is 10. The number of Topliss-reactive ketones (excluding diaryl/α,β-unsaturated/α-hetero) is 1. The van der Waals surface area contributed by atoms with E-state index in [1.54, 1.807) is 29.8 Å². The molecule has 678 valence electrons. The summed E-state index contributed by atoms with van der Waals surface area (Å²) in [5.74, 6) is -0.779. The van der Waals surface area contributed by atoms with Crippen molar-refractivity contribution in [2.24, 2.45) is 30.2 Å². The third-order valence-electron chi connectivity index (χ3n) is 28.0. The Balaban J connectivity index is 0.000000125. The van der Waals surface area contributed by atoms with E-state index in [0.29, 0.717) is 40.5 Å². The molecule has 4 heterocycles. The van der Waals surface area contributed by atoms with Gasteiger partial charge in [-0.25, -0.2) is 17.6 Å². The van der Waals surface area contributed by atoms with Gasteiger partial charge in [-0.3, -0.25) is 43.0 Å². The van der Waals surface area contributed by atoms with E-state index in [4.69, 9.17) is 78.9 Å². The summed E-state index contributed by atoms with van der Waals surface area (Å²) in [6.45, 7) is 7.27. The molecule has 8 bridgehead atoms. The van der Waals surface area contributed by atoms with Gasteiger partial charge in [-0.2, -0.15) is 5.10 Å². The van der Waals surface area contributed by atoms with Gasteiger partial charge < -0.3 is 69.7 Å². The molecule has 7 amide bonds. The molecule has 3 unspecified atom stereocenters. The van der Waals surface area contributed by atoms with Gasteiger partial charge in [0.25, 0.3) is 41.4 Å². The van der Waals surface area contributed by atoms with Crippen molar-refractivity contribution < 1.29 is 88.4 Å². The zero-order chi connectivity index (χ0) is 90.5. The number of carbonyl (C=O) groups is 8. The Bertz CT molecular complexity index is 5730. The number of hydrogen-bond donors (Lipinski definition) is 7. The van der Waals surface area contributed by atoms with Crippen LogP contribution in [-0.4, -0.2) is 138 Å². The third-order valence-corrected chi connectivity index (χ3v) is 29.2. The summed E-state index contributed by atoms with van der Waals surface area (Å²) >= 11 is 22.7. The quantitative estimate of drug-likeness (QED) is 0.0186. The second kappa shape index (κ2) is 36.3. The monoisotopic (exact) mass is 1840 g/mol. The van der Waals surface area contributed by atoms with E-state index in [-0.39, 0.29) is 196 Å². The molecule has 14 fully saturated rings. The lowest BCUT2D eigenvalue weighted by molar-refractivity contribution is -0.164. The minimum Gasteiger partial charge on any atom is -0.484 e. The SMILES string of the molecule is CC1CC2(NC(=O)COc3ccc(Cl)c(F)c3)CCC1(NC(=O)c1cc(C3CC3)no1)CC2.CC1CC2(NC(=O)c3onc4ccccc34)CCC1(NC(=O)COc1ccc(Cl)c(F)c1)CC2.Cc1cc(C(=O)NC23CCC(NC(=O)COc4ccc(Cl)c(F)c4)(CC2)CC3C)on1.Cn1nc(C2CC2)cc1C(=O)CC12CC(NC(=O)COc3ccc(Cl)c(F)c3)(C1)C2. The molecule has 3 atom stereocenters. The molecule has 7 N–H and O–H groups in total. The number of nitrogens with zero attached hydrogens (tertiary/aromatic N) is 5. The predicted octanol–water partition coefficient (Wildman–Crippen LogP) is 16.6. The van der Waals surface area contributed by atoms with Crippen molar-refractivity contribution in [1.29, 1.82) is 0 Å². The van der Waals surface area contributed by atoms with Gasteiger partial charge in [0.2, 0.25) is 17.3 Å². The highest BCUT2D eigenvalue weighted by molar-refractivity contribution is 6.31. The van der Waals surface area contributed by atoms with Crippen LogP contribution in [0.5, 0.6) is 23.0 Å². The van der Waals surface area contributed by atoms with Crippen molar-refractivity contribution >= 4 is 104 Å². The Labute approximate surface area is 755 Å². The average molecular weight is 1840 g/mol. The summed E-state index contributed by atoms with van der Waals surface area (Å²) < 4.78 is 93.2. The summed E-state index contributed by atoms with van der Waals surface area (Å²) in [4.78, 5) is 101. The van der Waals surface area contributed by atoms with Gasteiger partial charge in [-0.05, 0) is 238 Å². The molecule has 5 aromatic carbocycles. The number of nitrogens with one attached hydrogen (secondary N) is 7. The molecular weight excluding hydrogens is 1740 g/mol. The lowest BCUT2D eigenvalue weighted by atomic mass is 9.38. The van der Waals surface area contributed by atoms with Crippen LogP contribution in [0.3, 0.4) is 0 Å². The predicted molar refractivity (Wildman–Crippen MR) is 463 cm³/mol. The van der Waals surface area contributed by atoms with Crippen molar-refractivity contribution in [1.82, 2.24) is 62.5 Å². The average Bonchev–Trinajstić information content (AvgIpc) is 1.23. The fourth-order valence-electron chi connectivity index (χ4n) is 20.8. The van der Waals surface area contributed by atoms with Crippen LogP contribution in [0.2, 0.25) is 20.1 Å². The molecule has 14 aliphatic rings. The number of ether oxygens (including phenoxy) is 4. The van der Waals surface area contributed by atoms with Crippen molar-refractivity contribution in [3.8, 4) is 23.0 Å². The fourth-order valence-corrected chi connectivity index (χ4v) is 21.3. The molecule has 14 saturated carbocycles. The molecule has 4 aromatic heterocycles. The lowest BCUT2D eigenvalue weighted by Gasteiger charge is -2.70. The van der Waals surface area contributed by atoms with Crippen molar-refractivity contribution in [3.63, 3.8) is 0 Å². The highest BCUT2D eigenvalue weighted by atomic mass is 35.5. The van der Waals surface area contributed by atoms with Crippen LogP contribution in [0.15, 0.2) is 129 Å². The molecule has 14 aliphatic carbocycles. The molecule has 0 aliphatic heterocycles. The second-order valence-electron chi connectivity index (χ2n) is 37.2. The summed E-state index contributed by atoms with van der Waals surface area (Å²) in [7, 11) is 1.83. The first kappa shape index (κ1) is 90.6. The van der Waals surface area contributed by atoms with Gasteiger partial charge in [0.1, 0.15) is 57.5 Å². The number of hydrogen-bond acceptors (Lipinski definition) is 19. The molecule has 27 nitrogen and oxygen atoms in total. The number of carbonyl (C=O) groups excluding carboxylic acids is 8. The Morgan fingerprint density at radius 1 is 0.430 bits per heavy atom. The Kier molecular flexibility index (Phi) is 25.7. The maximum atomic E-state index is 13.6. The summed E-state index contributed by atoms with van der Waals surface area (Å²) in [6.07, 6.45) is 18.8. The molecule has 23 rings (SSSR count). The van der Waals surface area contributed by atoms with Crippen LogP contribution in [0, 0.1) is 53.4 Å².